The Hall–Kier alpha value is -2.57. The van der Waals surface area contributed by atoms with Crippen molar-refractivity contribution in [2.75, 3.05) is 14.2 Å². The number of carboxylic acid groups (broad SMARTS) is 1. The Kier molecular flexibility index (Phi) is 3.12. The summed E-state index contributed by atoms with van der Waals surface area (Å²) in [5, 5.41) is 9.33. The molecule has 1 aromatic carbocycles. The first-order chi connectivity index (χ1) is 8.99. The van der Waals surface area contributed by atoms with Crippen molar-refractivity contribution in [2.45, 2.75) is 6.92 Å². The number of H-pyrrole nitrogens is 1. The van der Waals surface area contributed by atoms with E-state index in [9.17, 15) is 9.59 Å². The lowest BCUT2D eigenvalue weighted by Crippen LogP contribution is -2.13. The van der Waals surface area contributed by atoms with Gasteiger partial charge in [0.15, 0.2) is 5.75 Å². The molecule has 19 heavy (non-hydrogen) atoms. The smallest absolute Gasteiger partial charge is 0.339 e. The molecule has 0 fully saturated rings. The van der Waals surface area contributed by atoms with Crippen LogP contribution in [0.4, 0.5) is 0 Å². The number of benzene rings is 1. The van der Waals surface area contributed by atoms with Gasteiger partial charge in [-0.1, -0.05) is 0 Å². The van der Waals surface area contributed by atoms with E-state index in [1.54, 1.807) is 6.92 Å². The number of hydrogen-bond donors (Lipinski definition) is 2. The fraction of sp³-hybridized carbons (Fsp3) is 0.250. The van der Waals surface area contributed by atoms with E-state index >= 15 is 0 Å². The number of aromatic nitrogens is 2. The lowest BCUT2D eigenvalue weighted by Gasteiger charge is -2.11. The zero-order valence-corrected chi connectivity index (χ0v) is 10.6. The maximum Gasteiger partial charge on any atom is 0.339 e. The summed E-state index contributed by atoms with van der Waals surface area (Å²) in [6, 6.07) is 1.25. The van der Waals surface area contributed by atoms with Crippen LogP contribution in [0.25, 0.3) is 10.9 Å². The predicted molar refractivity (Wildman–Crippen MR) is 67.2 cm³/mol. The van der Waals surface area contributed by atoms with E-state index in [0.29, 0.717) is 5.82 Å². The Labute approximate surface area is 107 Å². The van der Waals surface area contributed by atoms with Crippen molar-refractivity contribution >= 4 is 16.9 Å². The molecule has 0 amide bonds. The largest absolute Gasteiger partial charge is 0.496 e. The van der Waals surface area contributed by atoms with Crippen molar-refractivity contribution in [2.24, 2.45) is 0 Å². The molecule has 7 nitrogen and oxygen atoms in total. The highest BCUT2D eigenvalue weighted by molar-refractivity contribution is 6.01. The van der Waals surface area contributed by atoms with Crippen molar-refractivity contribution in [3.63, 3.8) is 0 Å². The fourth-order valence-corrected chi connectivity index (χ4v) is 1.90. The molecule has 2 N–H and O–H groups in total. The van der Waals surface area contributed by atoms with E-state index in [4.69, 9.17) is 14.6 Å². The van der Waals surface area contributed by atoms with Crippen LogP contribution in [0.15, 0.2) is 10.9 Å². The Morgan fingerprint density at radius 3 is 2.58 bits per heavy atom. The number of aromatic amines is 1. The molecule has 0 unspecified atom stereocenters. The van der Waals surface area contributed by atoms with Gasteiger partial charge < -0.3 is 19.6 Å². The van der Waals surface area contributed by atoms with Crippen LogP contribution in [-0.2, 0) is 0 Å². The van der Waals surface area contributed by atoms with Gasteiger partial charge >= 0.3 is 5.97 Å². The van der Waals surface area contributed by atoms with E-state index in [0.717, 1.165) is 0 Å². The van der Waals surface area contributed by atoms with Crippen LogP contribution < -0.4 is 15.0 Å². The molecular weight excluding hydrogens is 252 g/mol. The molecule has 100 valence electrons. The Bertz CT molecular complexity index is 720. The lowest BCUT2D eigenvalue weighted by atomic mass is 10.1. The number of carbonyl (C=O) groups is 1. The van der Waals surface area contributed by atoms with Crippen LogP contribution in [0, 0.1) is 6.92 Å². The number of methoxy groups -OCH3 is 2. The molecule has 0 aliphatic heterocycles. The Morgan fingerprint density at radius 1 is 1.37 bits per heavy atom. The van der Waals surface area contributed by atoms with Gasteiger partial charge in [-0.3, -0.25) is 4.79 Å². The van der Waals surface area contributed by atoms with Crippen LogP contribution in [-0.4, -0.2) is 35.3 Å². The van der Waals surface area contributed by atoms with Gasteiger partial charge in [0.1, 0.15) is 28.0 Å². The fourth-order valence-electron chi connectivity index (χ4n) is 1.90. The SMILES string of the molecule is COc1c(C(=O)O)cc(OC)c2c(=O)[nH]c(C)nc12. The molecule has 0 atom stereocenters. The number of nitrogens with one attached hydrogen (secondary N) is 1. The van der Waals surface area contributed by atoms with E-state index in [2.05, 4.69) is 9.97 Å². The Balaban J connectivity index is 3.05. The third-order valence-electron chi connectivity index (χ3n) is 2.67. The highest BCUT2D eigenvalue weighted by atomic mass is 16.5. The maximum absolute atomic E-state index is 12.0. The number of aryl methyl sites for hydroxylation is 1. The van der Waals surface area contributed by atoms with Crippen molar-refractivity contribution in [3.8, 4) is 11.5 Å². The van der Waals surface area contributed by atoms with Crippen LogP contribution in [0.2, 0.25) is 0 Å². The lowest BCUT2D eigenvalue weighted by molar-refractivity contribution is 0.0693. The van der Waals surface area contributed by atoms with E-state index in [-0.39, 0.29) is 28.0 Å². The first kappa shape index (κ1) is 12.9. The maximum atomic E-state index is 12.0. The van der Waals surface area contributed by atoms with Crippen LogP contribution >= 0.6 is 0 Å². The second-order valence-corrected chi connectivity index (χ2v) is 3.84. The zero-order chi connectivity index (χ0) is 14.2. The topological polar surface area (TPSA) is 102 Å². The van der Waals surface area contributed by atoms with Crippen molar-refractivity contribution < 1.29 is 19.4 Å². The molecule has 0 bridgehead atoms. The van der Waals surface area contributed by atoms with Gasteiger partial charge in [0.25, 0.3) is 5.56 Å². The van der Waals surface area contributed by atoms with E-state index in [1.807, 2.05) is 0 Å². The number of fused-ring (bicyclic) bond motifs is 1. The van der Waals surface area contributed by atoms with Crippen molar-refractivity contribution in [1.82, 2.24) is 9.97 Å². The van der Waals surface area contributed by atoms with Gasteiger partial charge in [-0.15, -0.1) is 0 Å². The summed E-state index contributed by atoms with van der Waals surface area (Å²) in [5.41, 5.74) is -0.348. The second-order valence-electron chi connectivity index (χ2n) is 3.84. The standard InChI is InChI=1S/C12H12N2O5/c1-5-13-9-8(11(15)14-5)7(18-2)4-6(12(16)17)10(9)19-3/h4H,1-3H3,(H,16,17)(H,13,14,15). The minimum absolute atomic E-state index is 0.0394. The third kappa shape index (κ3) is 1.99. The predicted octanol–water partition coefficient (Wildman–Crippen LogP) is 0.947. The molecule has 7 heteroatoms. The molecule has 2 aromatic rings. The second kappa shape index (κ2) is 4.60. The van der Waals surface area contributed by atoms with Gasteiger partial charge in [0.05, 0.1) is 14.2 Å². The van der Waals surface area contributed by atoms with E-state index in [1.165, 1.54) is 20.3 Å². The van der Waals surface area contributed by atoms with Gasteiger partial charge in [0, 0.05) is 0 Å². The van der Waals surface area contributed by atoms with Gasteiger partial charge in [0.2, 0.25) is 0 Å². The summed E-state index contributed by atoms with van der Waals surface area (Å²) >= 11 is 0. The first-order valence-corrected chi connectivity index (χ1v) is 5.38. The quantitative estimate of drug-likeness (QED) is 0.855. The van der Waals surface area contributed by atoms with Gasteiger partial charge in [-0.2, -0.15) is 0 Å². The summed E-state index contributed by atoms with van der Waals surface area (Å²) in [7, 11) is 2.68. The molecule has 0 spiro atoms. The highest BCUT2D eigenvalue weighted by Crippen LogP contribution is 2.33. The molecule has 1 aromatic heterocycles. The summed E-state index contributed by atoms with van der Waals surface area (Å²) in [4.78, 5) is 29.8. The molecule has 0 aliphatic carbocycles. The Morgan fingerprint density at radius 2 is 2.05 bits per heavy atom. The number of aromatic carboxylic acids is 1. The zero-order valence-electron chi connectivity index (χ0n) is 10.6. The minimum Gasteiger partial charge on any atom is -0.496 e. The molecule has 0 saturated heterocycles. The third-order valence-corrected chi connectivity index (χ3v) is 2.67. The average molecular weight is 264 g/mol. The number of ether oxygens (including phenoxy) is 2. The summed E-state index contributed by atoms with van der Waals surface area (Å²) in [5.74, 6) is -0.642. The molecule has 1 heterocycles. The minimum atomic E-state index is -1.18. The summed E-state index contributed by atoms with van der Waals surface area (Å²) in [6.45, 7) is 1.60. The van der Waals surface area contributed by atoms with Gasteiger partial charge in [-0.25, -0.2) is 9.78 Å². The number of hydrogen-bond acceptors (Lipinski definition) is 5. The molecular formula is C12H12N2O5. The highest BCUT2D eigenvalue weighted by Gasteiger charge is 2.21. The van der Waals surface area contributed by atoms with Crippen molar-refractivity contribution in [1.29, 1.82) is 0 Å². The summed E-state index contributed by atoms with van der Waals surface area (Å²) < 4.78 is 10.1. The molecule has 2 rings (SSSR count). The van der Waals surface area contributed by atoms with Crippen LogP contribution in [0.3, 0.4) is 0 Å². The number of rotatable bonds is 3. The van der Waals surface area contributed by atoms with Crippen LogP contribution in [0.1, 0.15) is 16.2 Å². The van der Waals surface area contributed by atoms with E-state index < -0.39 is 11.5 Å². The first-order valence-electron chi connectivity index (χ1n) is 5.38. The normalized spacial score (nSPS) is 10.5. The van der Waals surface area contributed by atoms with Gasteiger partial charge in [-0.05, 0) is 13.0 Å². The summed E-state index contributed by atoms with van der Waals surface area (Å²) in [6.07, 6.45) is 0. The van der Waals surface area contributed by atoms with Crippen LogP contribution in [0.5, 0.6) is 11.5 Å². The van der Waals surface area contributed by atoms with Crippen molar-refractivity contribution in [3.05, 3.63) is 27.8 Å². The molecule has 0 saturated carbocycles. The average Bonchev–Trinajstić information content (AvgIpc) is 2.35. The monoisotopic (exact) mass is 264 g/mol. The number of carboxylic acids is 1. The number of nitrogens with zero attached hydrogens (tertiary/aromatic N) is 1. The molecule has 0 aliphatic rings. The molecule has 0 radical (unpaired) electrons.